The zero-order chi connectivity index (χ0) is 14.3. The Hall–Kier alpha value is -1.43. The second-order valence-electron chi connectivity index (χ2n) is 4.39. The van der Waals surface area contributed by atoms with Crippen molar-refractivity contribution in [1.82, 2.24) is 10.3 Å². The first-order chi connectivity index (χ1) is 9.06. The van der Waals surface area contributed by atoms with Crippen LogP contribution in [0.4, 0.5) is 0 Å². The fourth-order valence-electron chi connectivity index (χ4n) is 1.72. The van der Waals surface area contributed by atoms with E-state index in [4.69, 9.17) is 5.11 Å². The van der Waals surface area contributed by atoms with Crippen molar-refractivity contribution < 1.29 is 14.7 Å². The maximum Gasteiger partial charge on any atom is 0.308 e. The summed E-state index contributed by atoms with van der Waals surface area (Å²) in [6, 6.07) is 0. The van der Waals surface area contributed by atoms with E-state index in [2.05, 4.69) is 10.3 Å². The van der Waals surface area contributed by atoms with Crippen LogP contribution < -0.4 is 5.32 Å². The van der Waals surface area contributed by atoms with Crippen molar-refractivity contribution in [3.63, 3.8) is 0 Å². The summed E-state index contributed by atoms with van der Waals surface area (Å²) in [5, 5.41) is 14.5. The third-order valence-electron chi connectivity index (χ3n) is 2.78. The van der Waals surface area contributed by atoms with Gasteiger partial charge in [0.2, 0.25) is 5.91 Å². The topological polar surface area (TPSA) is 79.3 Å². The molecule has 1 unspecified atom stereocenters. The lowest BCUT2D eigenvalue weighted by Crippen LogP contribution is -2.33. The van der Waals surface area contributed by atoms with Crippen LogP contribution in [-0.2, 0) is 22.4 Å². The Kier molecular flexibility index (Phi) is 6.49. The van der Waals surface area contributed by atoms with Crippen molar-refractivity contribution in [2.75, 3.05) is 6.54 Å². The number of carbonyl (C=O) groups is 2. The average molecular weight is 284 g/mol. The standard InChI is InChI=1S/C13H20N2O3S/c1-3-5-9(13(17)18)7-14-11(16)6-10-8-19-12(4-2)15-10/h8-9H,3-7H2,1-2H3,(H,14,16)(H,17,18). The Labute approximate surface area is 117 Å². The third-order valence-corrected chi connectivity index (χ3v) is 3.82. The van der Waals surface area contributed by atoms with Crippen molar-refractivity contribution in [1.29, 1.82) is 0 Å². The number of aromatic nitrogens is 1. The van der Waals surface area contributed by atoms with Crippen LogP contribution in [0.1, 0.15) is 37.4 Å². The minimum Gasteiger partial charge on any atom is -0.481 e. The highest BCUT2D eigenvalue weighted by Gasteiger charge is 2.17. The van der Waals surface area contributed by atoms with Gasteiger partial charge in [-0.25, -0.2) is 4.98 Å². The van der Waals surface area contributed by atoms with E-state index in [1.807, 2.05) is 19.2 Å². The van der Waals surface area contributed by atoms with Gasteiger partial charge in [-0.05, 0) is 12.8 Å². The molecule has 0 spiro atoms. The minimum absolute atomic E-state index is 0.171. The van der Waals surface area contributed by atoms with Crippen LogP contribution in [0.25, 0.3) is 0 Å². The number of thiazole rings is 1. The van der Waals surface area contributed by atoms with E-state index in [1.165, 1.54) is 0 Å². The van der Waals surface area contributed by atoms with E-state index in [-0.39, 0.29) is 18.9 Å². The van der Waals surface area contributed by atoms with Crippen LogP contribution in [0.3, 0.4) is 0 Å². The van der Waals surface area contributed by atoms with Gasteiger partial charge in [-0.3, -0.25) is 9.59 Å². The molecule has 0 saturated heterocycles. The molecule has 0 bridgehead atoms. The summed E-state index contributed by atoms with van der Waals surface area (Å²) >= 11 is 1.54. The van der Waals surface area contributed by atoms with E-state index >= 15 is 0 Å². The number of carboxylic acid groups (broad SMARTS) is 1. The number of carbonyl (C=O) groups excluding carboxylic acids is 1. The summed E-state index contributed by atoms with van der Waals surface area (Å²) in [6.07, 6.45) is 2.45. The molecular weight excluding hydrogens is 264 g/mol. The molecule has 0 aliphatic carbocycles. The largest absolute Gasteiger partial charge is 0.481 e. The molecule has 1 aromatic rings. The Morgan fingerprint density at radius 3 is 2.74 bits per heavy atom. The molecule has 106 valence electrons. The summed E-state index contributed by atoms with van der Waals surface area (Å²) in [5.74, 6) is -1.53. The molecule has 1 amide bonds. The fourth-order valence-corrected chi connectivity index (χ4v) is 2.46. The van der Waals surface area contributed by atoms with Crippen molar-refractivity contribution in [3.05, 3.63) is 16.1 Å². The van der Waals surface area contributed by atoms with Crippen molar-refractivity contribution in [2.24, 2.45) is 5.92 Å². The number of nitrogens with zero attached hydrogens (tertiary/aromatic N) is 1. The highest BCUT2D eigenvalue weighted by molar-refractivity contribution is 7.09. The van der Waals surface area contributed by atoms with E-state index < -0.39 is 11.9 Å². The lowest BCUT2D eigenvalue weighted by molar-refractivity contribution is -0.141. The highest BCUT2D eigenvalue weighted by Crippen LogP contribution is 2.11. The van der Waals surface area contributed by atoms with Gasteiger partial charge in [0.05, 0.1) is 23.0 Å². The smallest absolute Gasteiger partial charge is 0.308 e. The zero-order valence-corrected chi connectivity index (χ0v) is 12.1. The molecule has 1 atom stereocenters. The van der Waals surface area contributed by atoms with Gasteiger partial charge in [-0.1, -0.05) is 20.3 Å². The first-order valence-electron chi connectivity index (χ1n) is 6.49. The van der Waals surface area contributed by atoms with Crippen LogP contribution in [-0.4, -0.2) is 28.5 Å². The Morgan fingerprint density at radius 2 is 2.21 bits per heavy atom. The Bertz CT molecular complexity index is 431. The normalized spacial score (nSPS) is 12.1. The Balaban J connectivity index is 2.40. The van der Waals surface area contributed by atoms with Gasteiger partial charge in [0.15, 0.2) is 0 Å². The number of hydrogen-bond donors (Lipinski definition) is 2. The number of aliphatic carboxylic acids is 1. The van der Waals surface area contributed by atoms with Gasteiger partial charge >= 0.3 is 5.97 Å². The molecule has 0 saturated carbocycles. The lowest BCUT2D eigenvalue weighted by atomic mass is 10.0. The fraction of sp³-hybridized carbons (Fsp3) is 0.615. The maximum absolute atomic E-state index is 11.7. The molecule has 1 rings (SSSR count). The maximum atomic E-state index is 11.7. The number of amides is 1. The molecule has 0 aliphatic rings. The monoisotopic (exact) mass is 284 g/mol. The third kappa shape index (κ3) is 5.38. The molecule has 1 heterocycles. The predicted octanol–water partition coefficient (Wildman–Crippen LogP) is 1.87. The van der Waals surface area contributed by atoms with E-state index in [0.717, 1.165) is 23.5 Å². The van der Waals surface area contributed by atoms with Gasteiger partial charge < -0.3 is 10.4 Å². The molecule has 19 heavy (non-hydrogen) atoms. The molecular formula is C13H20N2O3S. The van der Waals surface area contributed by atoms with Crippen molar-refractivity contribution >= 4 is 23.2 Å². The van der Waals surface area contributed by atoms with Gasteiger partial charge in [0.25, 0.3) is 0 Å². The average Bonchev–Trinajstić information content (AvgIpc) is 2.81. The molecule has 2 N–H and O–H groups in total. The number of rotatable bonds is 8. The van der Waals surface area contributed by atoms with Gasteiger partial charge in [0.1, 0.15) is 0 Å². The highest BCUT2D eigenvalue weighted by atomic mass is 32.1. The second-order valence-corrected chi connectivity index (χ2v) is 5.33. The zero-order valence-electron chi connectivity index (χ0n) is 11.3. The molecule has 0 aromatic carbocycles. The number of carboxylic acids is 1. The van der Waals surface area contributed by atoms with Crippen LogP contribution in [0.2, 0.25) is 0 Å². The SMILES string of the molecule is CCCC(CNC(=O)Cc1csc(CC)n1)C(=O)O. The summed E-state index contributed by atoms with van der Waals surface area (Å²) in [6.45, 7) is 4.14. The molecule has 5 nitrogen and oxygen atoms in total. The number of hydrogen-bond acceptors (Lipinski definition) is 4. The molecule has 1 aromatic heterocycles. The Morgan fingerprint density at radius 1 is 1.47 bits per heavy atom. The second kappa shape index (κ2) is 7.89. The molecule has 6 heteroatoms. The van der Waals surface area contributed by atoms with Crippen LogP contribution in [0, 0.1) is 5.92 Å². The van der Waals surface area contributed by atoms with Crippen molar-refractivity contribution in [2.45, 2.75) is 39.5 Å². The predicted molar refractivity (Wildman–Crippen MR) is 74.2 cm³/mol. The molecule has 0 fully saturated rings. The molecule has 0 aliphatic heterocycles. The molecule has 0 radical (unpaired) electrons. The van der Waals surface area contributed by atoms with Crippen LogP contribution >= 0.6 is 11.3 Å². The van der Waals surface area contributed by atoms with Crippen molar-refractivity contribution in [3.8, 4) is 0 Å². The van der Waals surface area contributed by atoms with E-state index in [1.54, 1.807) is 11.3 Å². The quantitative estimate of drug-likeness (QED) is 0.763. The lowest BCUT2D eigenvalue weighted by Gasteiger charge is -2.11. The van der Waals surface area contributed by atoms with Gasteiger partial charge in [0, 0.05) is 11.9 Å². The minimum atomic E-state index is -0.857. The van der Waals surface area contributed by atoms with Crippen LogP contribution in [0.15, 0.2) is 5.38 Å². The van der Waals surface area contributed by atoms with E-state index in [0.29, 0.717) is 6.42 Å². The summed E-state index contributed by atoms with van der Waals surface area (Å²) < 4.78 is 0. The van der Waals surface area contributed by atoms with Crippen LogP contribution in [0.5, 0.6) is 0 Å². The first kappa shape index (κ1) is 15.6. The summed E-state index contributed by atoms with van der Waals surface area (Å²) in [4.78, 5) is 27.0. The van der Waals surface area contributed by atoms with Gasteiger partial charge in [-0.15, -0.1) is 11.3 Å². The summed E-state index contributed by atoms with van der Waals surface area (Å²) in [5.41, 5.74) is 0.752. The number of nitrogens with one attached hydrogen (secondary N) is 1. The van der Waals surface area contributed by atoms with Gasteiger partial charge in [-0.2, -0.15) is 0 Å². The van der Waals surface area contributed by atoms with E-state index in [9.17, 15) is 9.59 Å². The summed E-state index contributed by atoms with van der Waals surface area (Å²) in [7, 11) is 0. The number of aryl methyl sites for hydroxylation is 1. The first-order valence-corrected chi connectivity index (χ1v) is 7.37.